The van der Waals surface area contributed by atoms with Gasteiger partial charge in [0.25, 0.3) is 9.84 Å². The molecule has 1 aromatic carbocycles. The van der Waals surface area contributed by atoms with Gasteiger partial charge in [-0.2, -0.15) is 13.2 Å². The lowest BCUT2D eigenvalue weighted by Crippen LogP contribution is -2.35. The molecule has 1 atom stereocenters. The van der Waals surface area contributed by atoms with Crippen molar-refractivity contribution in [2.75, 3.05) is 0 Å². The van der Waals surface area contributed by atoms with Crippen molar-refractivity contribution in [3.8, 4) is 0 Å². The van der Waals surface area contributed by atoms with Crippen molar-refractivity contribution in [2.24, 2.45) is 0 Å². The van der Waals surface area contributed by atoms with Gasteiger partial charge in [-0.25, -0.2) is 12.8 Å². The molecule has 0 saturated heterocycles. The normalized spacial score (nSPS) is 17.6. The van der Waals surface area contributed by atoms with Gasteiger partial charge in [-0.3, -0.25) is 0 Å². The molecule has 0 fully saturated rings. The Bertz CT molecular complexity index is 947. The van der Waals surface area contributed by atoms with E-state index in [0.29, 0.717) is 6.08 Å². The van der Waals surface area contributed by atoms with E-state index in [2.05, 4.69) is 4.79 Å². The lowest BCUT2D eigenvalue weighted by Gasteiger charge is -2.12. The van der Waals surface area contributed by atoms with Crippen LogP contribution in [0.2, 0.25) is 0 Å². The number of hydrogen-bond donors (Lipinski definition) is 0. The minimum Gasteiger partial charge on any atom is -0.360 e. The molecule has 0 N–H and O–H groups in total. The highest BCUT2D eigenvalue weighted by molar-refractivity contribution is 8.08. The number of benzene rings is 1. The maximum absolute atomic E-state index is 13.2. The molecule has 0 amide bonds. The van der Waals surface area contributed by atoms with Gasteiger partial charge in [0.15, 0.2) is 0 Å². The molecule has 0 spiro atoms. The van der Waals surface area contributed by atoms with Crippen molar-refractivity contribution in [2.45, 2.75) is 5.25 Å². The van der Waals surface area contributed by atoms with Gasteiger partial charge in [-0.1, -0.05) is 24.3 Å². The van der Waals surface area contributed by atoms with E-state index >= 15 is 0 Å². The zero-order chi connectivity index (χ0) is 16.3. The number of hydrogen-bond acceptors (Lipinski definition) is 4. The summed E-state index contributed by atoms with van der Waals surface area (Å²) in [4.78, 5) is 2.13. The summed E-state index contributed by atoms with van der Waals surface area (Å²) in [5.74, 6) is -0.882. The number of allylic oxidation sites excluding steroid dienone is 3. The second-order valence-electron chi connectivity index (χ2n) is 4.26. The molecule has 1 aliphatic carbocycles. The van der Waals surface area contributed by atoms with Crippen LogP contribution in [0.4, 0.5) is 4.39 Å². The fourth-order valence-electron chi connectivity index (χ4n) is 1.92. The highest BCUT2D eigenvalue weighted by Crippen LogP contribution is 2.19. The molecule has 114 valence electrons. The van der Waals surface area contributed by atoms with Gasteiger partial charge in [0.05, 0.1) is 10.4 Å². The number of halogens is 1. The van der Waals surface area contributed by atoms with Gasteiger partial charge in [0, 0.05) is 0 Å². The minimum absolute atomic E-state index is 0.0875. The Balaban J connectivity index is 2.63. The van der Waals surface area contributed by atoms with E-state index in [1.54, 1.807) is 6.07 Å². The minimum atomic E-state index is -4.37. The van der Waals surface area contributed by atoms with Crippen molar-refractivity contribution in [3.05, 3.63) is 65.5 Å². The van der Waals surface area contributed by atoms with E-state index in [4.69, 9.17) is 5.53 Å². The molecule has 0 heterocycles. The van der Waals surface area contributed by atoms with Crippen LogP contribution >= 0.6 is 0 Å². The summed E-state index contributed by atoms with van der Waals surface area (Å²) in [5.41, 5.74) is 9.14. The van der Waals surface area contributed by atoms with Crippen molar-refractivity contribution < 1.29 is 26.0 Å². The van der Waals surface area contributed by atoms with Gasteiger partial charge in [0.1, 0.15) is 11.1 Å². The summed E-state index contributed by atoms with van der Waals surface area (Å²) in [6.45, 7) is 0. The van der Waals surface area contributed by atoms with Crippen LogP contribution in [-0.2, 0) is 20.1 Å². The summed E-state index contributed by atoms with van der Waals surface area (Å²) in [6, 6.07) is 7.48. The van der Waals surface area contributed by atoms with Gasteiger partial charge in [0.2, 0.25) is 10.3 Å². The number of sulfone groups is 1. The lowest BCUT2D eigenvalue weighted by molar-refractivity contribution is 0.000598. The predicted octanol–water partition coefficient (Wildman–Crippen LogP) is 0.921. The maximum Gasteiger partial charge on any atom is 0.413 e. The first-order valence-corrected chi connectivity index (χ1v) is 8.53. The molecule has 1 aliphatic rings. The third-order valence-electron chi connectivity index (χ3n) is 2.90. The quantitative estimate of drug-likeness (QED) is 0.262. The zero-order valence-corrected chi connectivity index (χ0v) is 12.6. The molecular weight excluding hydrogens is 331 g/mol. The highest BCUT2D eigenvalue weighted by atomic mass is 32.2. The van der Waals surface area contributed by atoms with Crippen LogP contribution in [0.25, 0.3) is 5.53 Å². The zero-order valence-electron chi connectivity index (χ0n) is 10.9. The Morgan fingerprint density at radius 2 is 1.86 bits per heavy atom. The summed E-state index contributed by atoms with van der Waals surface area (Å²) in [6.07, 6.45) is 2.35. The van der Waals surface area contributed by atoms with E-state index in [1.165, 1.54) is 24.3 Å². The monoisotopic (exact) mass is 340 g/mol. The molecule has 9 heteroatoms. The SMILES string of the molecule is [N-]=[N+]=C(c1ccccc1)S(=O)(=O)C1C=CC(F)=CC1=S(=O)=O. The highest BCUT2D eigenvalue weighted by Gasteiger charge is 2.41. The van der Waals surface area contributed by atoms with Crippen LogP contribution in [0.15, 0.2) is 54.4 Å². The first-order valence-electron chi connectivity index (χ1n) is 5.91. The van der Waals surface area contributed by atoms with Gasteiger partial charge < -0.3 is 5.53 Å². The Morgan fingerprint density at radius 3 is 2.41 bits per heavy atom. The second kappa shape index (κ2) is 6.18. The van der Waals surface area contributed by atoms with Crippen LogP contribution in [0.5, 0.6) is 0 Å². The molecule has 1 aromatic rings. The van der Waals surface area contributed by atoms with Crippen molar-refractivity contribution in [1.29, 1.82) is 0 Å². The second-order valence-corrected chi connectivity index (χ2v) is 7.19. The molecule has 22 heavy (non-hydrogen) atoms. The Morgan fingerprint density at radius 1 is 1.23 bits per heavy atom. The summed E-state index contributed by atoms with van der Waals surface area (Å²) in [5, 5.41) is -2.35. The summed E-state index contributed by atoms with van der Waals surface area (Å²) < 4.78 is 60.6. The number of nitrogens with zero attached hydrogens (tertiary/aromatic N) is 2. The summed E-state index contributed by atoms with van der Waals surface area (Å²) >= 11 is 0. The third-order valence-corrected chi connectivity index (χ3v) is 5.74. The molecule has 6 nitrogen and oxygen atoms in total. The van der Waals surface area contributed by atoms with E-state index in [-0.39, 0.29) is 5.56 Å². The van der Waals surface area contributed by atoms with E-state index in [0.717, 1.165) is 12.2 Å². The van der Waals surface area contributed by atoms with Crippen molar-refractivity contribution in [1.82, 2.24) is 0 Å². The molecule has 0 radical (unpaired) electrons. The molecule has 0 aromatic heterocycles. The average molecular weight is 340 g/mol. The number of rotatable bonds is 2. The fraction of sp³-hybridized carbons (Fsp3) is 0.0769. The first-order chi connectivity index (χ1) is 10.4. The Hall–Kier alpha value is -2.35. The smallest absolute Gasteiger partial charge is 0.360 e. The molecular formula is C13H9FN2O4S2. The fourth-order valence-corrected chi connectivity index (χ4v) is 4.49. The van der Waals surface area contributed by atoms with Gasteiger partial charge in [-0.05, 0) is 24.3 Å². The topological polar surface area (TPSA) is 105 Å². The molecule has 1 unspecified atom stereocenters. The molecule has 2 rings (SSSR count). The standard InChI is InChI=1S/C13H9FN2O4S2/c14-10-6-7-12(11(8-10)21(17)18)22(19,20)13(16-15)9-4-2-1-3-5-9/h1-8,12H. The van der Waals surface area contributed by atoms with Gasteiger partial charge in [-0.15, -0.1) is 0 Å². The molecule has 0 saturated carbocycles. The first kappa shape index (κ1) is 16.0. The van der Waals surface area contributed by atoms with Gasteiger partial charge >= 0.3 is 5.04 Å². The van der Waals surface area contributed by atoms with Crippen LogP contribution in [0, 0.1) is 0 Å². The lowest BCUT2D eigenvalue weighted by atomic mass is 10.2. The van der Waals surface area contributed by atoms with Crippen LogP contribution in [-0.4, -0.2) is 36.8 Å². The Labute approximate surface area is 127 Å². The average Bonchev–Trinajstić information content (AvgIpc) is 2.48. The van der Waals surface area contributed by atoms with E-state index < -0.39 is 41.1 Å². The predicted molar refractivity (Wildman–Crippen MR) is 79.1 cm³/mol. The third kappa shape index (κ3) is 2.96. The van der Waals surface area contributed by atoms with Crippen molar-refractivity contribution >= 4 is 30.0 Å². The van der Waals surface area contributed by atoms with E-state index in [9.17, 15) is 21.2 Å². The summed E-state index contributed by atoms with van der Waals surface area (Å²) in [7, 11) is -7.31. The van der Waals surface area contributed by atoms with Crippen molar-refractivity contribution in [3.63, 3.8) is 0 Å². The molecule has 0 aliphatic heterocycles. The molecule has 0 bridgehead atoms. The van der Waals surface area contributed by atoms with Crippen LogP contribution in [0.1, 0.15) is 5.56 Å². The van der Waals surface area contributed by atoms with Crippen LogP contribution < -0.4 is 0 Å². The van der Waals surface area contributed by atoms with E-state index in [1.807, 2.05) is 0 Å². The Kier molecular flexibility index (Phi) is 4.51. The van der Waals surface area contributed by atoms with Crippen LogP contribution in [0.3, 0.4) is 0 Å². The maximum atomic E-state index is 13.2. The largest absolute Gasteiger partial charge is 0.413 e.